The maximum atomic E-state index is 12.6. The SMILES string of the molecule is COc1cc2c(cc1OC)S[C@@]1(c3ccc4c(c3)OCO4)[C@@H](Cl)C(=O)N1C2. The molecule has 1 amide bonds. The van der Waals surface area contributed by atoms with Crippen LogP contribution < -0.4 is 18.9 Å². The average molecular weight is 406 g/mol. The van der Waals surface area contributed by atoms with Gasteiger partial charge < -0.3 is 23.8 Å². The van der Waals surface area contributed by atoms with E-state index in [9.17, 15) is 4.79 Å². The number of hydrogen-bond acceptors (Lipinski definition) is 6. The molecule has 2 aromatic carbocycles. The molecule has 8 heteroatoms. The van der Waals surface area contributed by atoms with Gasteiger partial charge in [0, 0.05) is 11.4 Å². The third-order valence-electron chi connectivity index (χ3n) is 5.17. The molecule has 0 radical (unpaired) electrons. The van der Waals surface area contributed by atoms with Gasteiger partial charge in [-0.2, -0.15) is 0 Å². The standard InChI is InChI=1S/C19H16ClNO5S/c1-23-13-5-10-8-21-18(22)17(20)19(21,27-16(10)7-14(13)24-2)11-3-4-12-15(6-11)26-9-25-12/h3-7,17H,8-9H2,1-2H3/t17-,19-/m0/s1. The first-order valence-corrected chi connectivity index (χ1v) is 9.63. The number of halogens is 1. The summed E-state index contributed by atoms with van der Waals surface area (Å²) in [4.78, 5) is 14.7. The minimum atomic E-state index is -0.688. The second-order valence-corrected chi connectivity index (χ2v) is 8.17. The number of methoxy groups -OCH3 is 2. The monoisotopic (exact) mass is 405 g/mol. The van der Waals surface area contributed by atoms with Crippen molar-refractivity contribution in [2.75, 3.05) is 21.0 Å². The number of benzene rings is 2. The maximum absolute atomic E-state index is 12.6. The van der Waals surface area contributed by atoms with Gasteiger partial charge in [-0.05, 0) is 35.4 Å². The first kappa shape index (κ1) is 16.9. The zero-order chi connectivity index (χ0) is 18.8. The number of alkyl halides is 1. The van der Waals surface area contributed by atoms with Crippen molar-refractivity contribution < 1.29 is 23.7 Å². The molecule has 0 spiro atoms. The molecule has 3 aliphatic heterocycles. The van der Waals surface area contributed by atoms with Crippen molar-refractivity contribution in [1.82, 2.24) is 4.90 Å². The summed E-state index contributed by atoms with van der Waals surface area (Å²) in [5.41, 5.74) is 1.92. The van der Waals surface area contributed by atoms with Gasteiger partial charge in [0.25, 0.3) is 0 Å². The summed E-state index contributed by atoms with van der Waals surface area (Å²) in [6.07, 6.45) is 0. The molecule has 3 heterocycles. The van der Waals surface area contributed by atoms with Crippen LogP contribution in [0.15, 0.2) is 35.2 Å². The van der Waals surface area contributed by atoms with Crippen molar-refractivity contribution in [3.63, 3.8) is 0 Å². The third kappa shape index (κ3) is 2.18. The van der Waals surface area contributed by atoms with E-state index in [0.717, 1.165) is 16.0 Å². The van der Waals surface area contributed by atoms with Gasteiger partial charge in [-0.3, -0.25) is 4.79 Å². The van der Waals surface area contributed by atoms with Crippen molar-refractivity contribution in [3.05, 3.63) is 41.5 Å². The number of amides is 1. The number of fused-ring (bicyclic) bond motifs is 3. The fourth-order valence-electron chi connectivity index (χ4n) is 3.78. The molecule has 27 heavy (non-hydrogen) atoms. The average Bonchev–Trinajstić information content (AvgIpc) is 3.18. The number of thioether (sulfide) groups is 1. The van der Waals surface area contributed by atoms with Gasteiger partial charge in [-0.15, -0.1) is 11.6 Å². The third-order valence-corrected chi connectivity index (χ3v) is 7.41. The molecule has 1 saturated heterocycles. The Labute approximate surface area is 165 Å². The summed E-state index contributed by atoms with van der Waals surface area (Å²) in [5, 5.41) is -0.663. The highest BCUT2D eigenvalue weighted by atomic mass is 35.5. The topological polar surface area (TPSA) is 57.2 Å². The van der Waals surface area contributed by atoms with Crippen LogP contribution in [-0.4, -0.2) is 37.2 Å². The molecule has 6 nitrogen and oxygen atoms in total. The Bertz CT molecular complexity index is 967. The van der Waals surface area contributed by atoms with Gasteiger partial charge in [-0.1, -0.05) is 17.8 Å². The van der Waals surface area contributed by atoms with Gasteiger partial charge in [0.05, 0.1) is 14.2 Å². The Balaban J connectivity index is 1.63. The Morgan fingerprint density at radius 2 is 1.89 bits per heavy atom. The van der Waals surface area contributed by atoms with E-state index in [1.807, 2.05) is 30.3 Å². The fraction of sp³-hybridized carbons (Fsp3) is 0.316. The molecule has 2 aromatic rings. The summed E-state index contributed by atoms with van der Waals surface area (Å²) in [6.45, 7) is 0.658. The first-order valence-electron chi connectivity index (χ1n) is 8.38. The van der Waals surface area contributed by atoms with Crippen molar-refractivity contribution in [2.24, 2.45) is 0 Å². The Hall–Kier alpha value is -2.25. The Kier molecular flexibility index (Phi) is 3.67. The van der Waals surface area contributed by atoms with Crippen LogP contribution in [-0.2, 0) is 16.2 Å². The quantitative estimate of drug-likeness (QED) is 0.576. The van der Waals surface area contributed by atoms with Gasteiger partial charge in [0.1, 0.15) is 10.2 Å². The molecular formula is C19H16ClNO5S. The van der Waals surface area contributed by atoms with E-state index in [0.29, 0.717) is 29.5 Å². The number of nitrogens with zero attached hydrogens (tertiary/aromatic N) is 1. The van der Waals surface area contributed by atoms with Gasteiger partial charge in [-0.25, -0.2) is 0 Å². The molecule has 140 valence electrons. The van der Waals surface area contributed by atoms with Gasteiger partial charge in [0.2, 0.25) is 12.7 Å². The van der Waals surface area contributed by atoms with Gasteiger partial charge >= 0.3 is 0 Å². The minimum Gasteiger partial charge on any atom is -0.493 e. The number of β-lactam (4-membered cyclic amide) rings is 1. The summed E-state index contributed by atoms with van der Waals surface area (Å²) < 4.78 is 21.8. The fourth-order valence-corrected chi connectivity index (χ4v) is 5.75. The van der Waals surface area contributed by atoms with E-state index in [-0.39, 0.29) is 12.7 Å². The zero-order valence-corrected chi connectivity index (χ0v) is 16.2. The highest BCUT2D eigenvalue weighted by Gasteiger charge is 2.63. The summed E-state index contributed by atoms with van der Waals surface area (Å²) >= 11 is 8.13. The normalized spacial score (nSPS) is 24.8. The smallest absolute Gasteiger partial charge is 0.246 e. The van der Waals surface area contributed by atoms with Crippen LogP contribution >= 0.6 is 23.4 Å². The van der Waals surface area contributed by atoms with E-state index in [4.69, 9.17) is 30.5 Å². The highest BCUT2D eigenvalue weighted by Crippen LogP contribution is 2.61. The molecule has 0 aliphatic carbocycles. The minimum absolute atomic E-state index is 0.0812. The van der Waals surface area contributed by atoms with E-state index < -0.39 is 10.2 Å². The van der Waals surface area contributed by atoms with Crippen LogP contribution in [0.4, 0.5) is 0 Å². The largest absolute Gasteiger partial charge is 0.493 e. The highest BCUT2D eigenvalue weighted by molar-refractivity contribution is 8.00. The molecule has 2 atom stereocenters. The molecule has 0 bridgehead atoms. The number of ether oxygens (including phenoxy) is 4. The lowest BCUT2D eigenvalue weighted by atomic mass is 9.90. The molecule has 1 fully saturated rings. The predicted molar refractivity (Wildman–Crippen MR) is 99.8 cm³/mol. The predicted octanol–water partition coefficient (Wildman–Crippen LogP) is 3.34. The van der Waals surface area contributed by atoms with Crippen molar-refractivity contribution in [2.45, 2.75) is 21.7 Å². The zero-order valence-electron chi connectivity index (χ0n) is 14.7. The molecule has 0 saturated carbocycles. The Morgan fingerprint density at radius 3 is 2.67 bits per heavy atom. The molecule has 0 unspecified atom stereocenters. The summed E-state index contributed by atoms with van der Waals surface area (Å²) in [6, 6.07) is 9.58. The van der Waals surface area contributed by atoms with Crippen LogP contribution in [0.2, 0.25) is 0 Å². The number of carbonyl (C=O) groups excluding carboxylic acids is 1. The van der Waals surface area contributed by atoms with E-state index >= 15 is 0 Å². The van der Waals surface area contributed by atoms with Crippen LogP contribution in [0.1, 0.15) is 11.1 Å². The Morgan fingerprint density at radius 1 is 1.15 bits per heavy atom. The second-order valence-electron chi connectivity index (χ2n) is 6.47. The molecule has 5 rings (SSSR count). The molecule has 3 aliphatic rings. The van der Waals surface area contributed by atoms with Crippen molar-refractivity contribution in [1.29, 1.82) is 0 Å². The number of rotatable bonds is 3. The van der Waals surface area contributed by atoms with E-state index in [1.54, 1.807) is 30.9 Å². The molecular weight excluding hydrogens is 390 g/mol. The van der Waals surface area contributed by atoms with E-state index in [1.165, 1.54) is 0 Å². The number of hydrogen-bond donors (Lipinski definition) is 0. The molecule has 0 aromatic heterocycles. The van der Waals surface area contributed by atoms with Crippen LogP contribution in [0.25, 0.3) is 0 Å². The second kappa shape index (κ2) is 5.87. The van der Waals surface area contributed by atoms with Crippen molar-refractivity contribution >= 4 is 29.3 Å². The summed E-state index contributed by atoms with van der Waals surface area (Å²) in [5.74, 6) is 2.58. The lowest BCUT2D eigenvalue weighted by molar-refractivity contribution is -0.150. The van der Waals surface area contributed by atoms with Crippen LogP contribution in [0.5, 0.6) is 23.0 Å². The van der Waals surface area contributed by atoms with E-state index in [2.05, 4.69) is 0 Å². The van der Waals surface area contributed by atoms with Crippen LogP contribution in [0.3, 0.4) is 0 Å². The lowest BCUT2D eigenvalue weighted by Gasteiger charge is -2.57. The maximum Gasteiger partial charge on any atom is 0.246 e. The van der Waals surface area contributed by atoms with Crippen LogP contribution in [0, 0.1) is 0 Å². The lowest BCUT2D eigenvalue weighted by Crippen LogP contribution is -2.68. The summed E-state index contributed by atoms with van der Waals surface area (Å²) in [7, 11) is 3.20. The molecule has 0 N–H and O–H groups in total. The van der Waals surface area contributed by atoms with Crippen molar-refractivity contribution in [3.8, 4) is 23.0 Å². The van der Waals surface area contributed by atoms with Gasteiger partial charge in [0.15, 0.2) is 23.0 Å². The first-order chi connectivity index (χ1) is 13.1. The number of carbonyl (C=O) groups is 1.